The largest absolute Gasteiger partial charge is 0.333 e. The molecule has 2 N–H and O–H groups in total. The monoisotopic (exact) mass is 381 g/mol. The quantitative estimate of drug-likeness (QED) is 0.795. The molecule has 7 nitrogen and oxygen atoms in total. The Kier molecular flexibility index (Phi) is 6.07. The Morgan fingerprint density at radius 1 is 1.20 bits per heavy atom. The minimum atomic E-state index is -0.516. The van der Waals surface area contributed by atoms with Crippen molar-refractivity contribution in [2.45, 2.75) is 31.5 Å². The van der Waals surface area contributed by atoms with E-state index in [1.807, 2.05) is 40.0 Å². The van der Waals surface area contributed by atoms with Gasteiger partial charge in [0.15, 0.2) is 11.0 Å². The van der Waals surface area contributed by atoms with Gasteiger partial charge in [-0.1, -0.05) is 23.4 Å². The zero-order valence-electron chi connectivity index (χ0n) is 14.5. The molecule has 0 unspecified atom stereocenters. The van der Waals surface area contributed by atoms with Crippen molar-refractivity contribution >= 4 is 35.3 Å². The lowest BCUT2D eigenvalue weighted by Gasteiger charge is -2.20. The SMILES string of the molecule is Cn1c(SCC(=O)NC(=O)NC(C)(C)C)nnc1-c1ccc(Cl)cc1. The Hall–Kier alpha value is -2.06. The number of benzene rings is 1. The van der Waals surface area contributed by atoms with Gasteiger partial charge in [-0.3, -0.25) is 10.1 Å². The number of urea groups is 1. The normalized spacial score (nSPS) is 11.2. The van der Waals surface area contributed by atoms with Crippen LogP contribution in [0.3, 0.4) is 0 Å². The second-order valence-electron chi connectivity index (χ2n) is 6.41. The molecule has 0 radical (unpaired) electrons. The zero-order valence-corrected chi connectivity index (χ0v) is 16.0. The van der Waals surface area contributed by atoms with E-state index in [1.54, 1.807) is 16.7 Å². The average molecular weight is 382 g/mol. The van der Waals surface area contributed by atoms with Crippen LogP contribution in [0, 0.1) is 0 Å². The minimum absolute atomic E-state index is 0.0597. The van der Waals surface area contributed by atoms with Gasteiger partial charge in [-0.15, -0.1) is 10.2 Å². The van der Waals surface area contributed by atoms with E-state index in [0.29, 0.717) is 16.0 Å². The first-order valence-corrected chi connectivity index (χ1v) is 8.92. The maximum absolute atomic E-state index is 11.9. The molecule has 0 spiro atoms. The molecule has 25 heavy (non-hydrogen) atoms. The number of carbonyl (C=O) groups is 2. The van der Waals surface area contributed by atoms with Crippen LogP contribution in [0.25, 0.3) is 11.4 Å². The molecule has 9 heteroatoms. The molecule has 0 atom stereocenters. The summed E-state index contributed by atoms with van der Waals surface area (Å²) in [5.41, 5.74) is 0.467. The number of hydrogen-bond donors (Lipinski definition) is 2. The predicted octanol–water partition coefficient (Wildman–Crippen LogP) is 2.85. The van der Waals surface area contributed by atoms with Gasteiger partial charge in [-0.05, 0) is 45.0 Å². The number of aromatic nitrogens is 3. The number of nitrogens with one attached hydrogen (secondary N) is 2. The molecule has 1 heterocycles. The zero-order chi connectivity index (χ0) is 18.6. The Morgan fingerprint density at radius 2 is 1.84 bits per heavy atom. The second-order valence-corrected chi connectivity index (χ2v) is 7.79. The van der Waals surface area contributed by atoms with Gasteiger partial charge in [0.25, 0.3) is 0 Å². The van der Waals surface area contributed by atoms with Gasteiger partial charge in [-0.25, -0.2) is 4.79 Å². The standard InChI is InChI=1S/C16H20ClN5O2S/c1-16(2,3)19-14(24)18-12(23)9-25-15-21-20-13(22(15)4)10-5-7-11(17)8-6-10/h5-8H,9H2,1-4H3,(H2,18,19,23,24). The van der Waals surface area contributed by atoms with Gasteiger partial charge in [0.1, 0.15) is 0 Å². The van der Waals surface area contributed by atoms with E-state index >= 15 is 0 Å². The van der Waals surface area contributed by atoms with Crippen LogP contribution in [-0.2, 0) is 11.8 Å². The number of thioether (sulfide) groups is 1. The van der Waals surface area contributed by atoms with E-state index < -0.39 is 17.5 Å². The van der Waals surface area contributed by atoms with Crippen molar-refractivity contribution in [2.24, 2.45) is 7.05 Å². The maximum Gasteiger partial charge on any atom is 0.321 e. The molecule has 1 aromatic carbocycles. The first kappa shape index (κ1) is 19.3. The number of amides is 3. The van der Waals surface area contributed by atoms with Crippen LogP contribution in [0.15, 0.2) is 29.4 Å². The molecular weight excluding hydrogens is 362 g/mol. The van der Waals surface area contributed by atoms with Crippen molar-refractivity contribution < 1.29 is 9.59 Å². The summed E-state index contributed by atoms with van der Waals surface area (Å²) < 4.78 is 1.79. The van der Waals surface area contributed by atoms with Crippen molar-refractivity contribution in [3.05, 3.63) is 29.3 Å². The summed E-state index contributed by atoms with van der Waals surface area (Å²) in [7, 11) is 1.82. The molecule has 0 aliphatic carbocycles. The molecule has 0 fully saturated rings. The van der Waals surface area contributed by atoms with E-state index in [1.165, 1.54) is 11.8 Å². The molecular formula is C16H20ClN5O2S. The van der Waals surface area contributed by atoms with Crippen molar-refractivity contribution in [3.8, 4) is 11.4 Å². The van der Waals surface area contributed by atoms with Crippen molar-refractivity contribution in [3.63, 3.8) is 0 Å². The summed E-state index contributed by atoms with van der Waals surface area (Å²) in [6.45, 7) is 5.51. The first-order chi connectivity index (χ1) is 11.7. The van der Waals surface area contributed by atoms with Crippen LogP contribution in [0.1, 0.15) is 20.8 Å². The fourth-order valence-corrected chi connectivity index (χ4v) is 2.79. The third-order valence-electron chi connectivity index (χ3n) is 3.01. The Morgan fingerprint density at radius 3 is 2.44 bits per heavy atom. The lowest BCUT2D eigenvalue weighted by Crippen LogP contribution is -2.48. The number of rotatable bonds is 4. The number of hydrogen-bond acceptors (Lipinski definition) is 5. The van der Waals surface area contributed by atoms with Crippen LogP contribution < -0.4 is 10.6 Å². The highest BCUT2D eigenvalue weighted by atomic mass is 35.5. The summed E-state index contributed by atoms with van der Waals surface area (Å²) in [4.78, 5) is 23.5. The van der Waals surface area contributed by atoms with Crippen molar-refractivity contribution in [1.82, 2.24) is 25.4 Å². The first-order valence-electron chi connectivity index (χ1n) is 7.56. The lowest BCUT2D eigenvalue weighted by molar-refractivity contribution is -0.117. The van der Waals surface area contributed by atoms with E-state index in [-0.39, 0.29) is 5.75 Å². The highest BCUT2D eigenvalue weighted by Crippen LogP contribution is 2.23. The summed E-state index contributed by atoms with van der Waals surface area (Å²) in [5.74, 6) is 0.331. The molecule has 2 aromatic rings. The number of halogens is 1. The lowest BCUT2D eigenvalue weighted by atomic mass is 10.1. The molecule has 3 amide bonds. The van der Waals surface area contributed by atoms with Crippen molar-refractivity contribution in [2.75, 3.05) is 5.75 Å². The third kappa shape index (κ3) is 5.75. The molecule has 0 aliphatic heterocycles. The van der Waals surface area contributed by atoms with Gasteiger partial charge in [0, 0.05) is 23.2 Å². The smallest absolute Gasteiger partial charge is 0.321 e. The molecule has 134 valence electrons. The Balaban J connectivity index is 1.94. The fourth-order valence-electron chi connectivity index (χ4n) is 1.96. The summed E-state index contributed by atoms with van der Waals surface area (Å²) >= 11 is 7.09. The van der Waals surface area contributed by atoms with Crippen LogP contribution in [0.5, 0.6) is 0 Å². The second kappa shape index (κ2) is 7.88. The number of imide groups is 1. The van der Waals surface area contributed by atoms with Crippen molar-refractivity contribution in [1.29, 1.82) is 0 Å². The van der Waals surface area contributed by atoms with E-state index in [4.69, 9.17) is 11.6 Å². The van der Waals surface area contributed by atoms with Gasteiger partial charge in [0.05, 0.1) is 5.75 Å². The summed E-state index contributed by atoms with van der Waals surface area (Å²) in [6, 6.07) is 6.74. The summed E-state index contributed by atoms with van der Waals surface area (Å²) in [6.07, 6.45) is 0. The van der Waals surface area contributed by atoms with Gasteiger partial charge in [0.2, 0.25) is 5.91 Å². The van der Waals surface area contributed by atoms with E-state index in [2.05, 4.69) is 20.8 Å². The fraction of sp³-hybridized carbons (Fsp3) is 0.375. The van der Waals surface area contributed by atoms with Crippen LogP contribution in [0.2, 0.25) is 5.02 Å². The average Bonchev–Trinajstić information content (AvgIpc) is 2.85. The molecule has 2 rings (SSSR count). The molecule has 0 saturated heterocycles. The van der Waals surface area contributed by atoms with Crippen LogP contribution >= 0.6 is 23.4 Å². The highest BCUT2D eigenvalue weighted by Gasteiger charge is 2.17. The molecule has 0 bridgehead atoms. The van der Waals surface area contributed by atoms with Gasteiger partial charge < -0.3 is 9.88 Å². The maximum atomic E-state index is 11.9. The van der Waals surface area contributed by atoms with Gasteiger partial charge in [-0.2, -0.15) is 0 Å². The number of nitrogens with zero attached hydrogens (tertiary/aromatic N) is 3. The predicted molar refractivity (Wildman–Crippen MR) is 98.6 cm³/mol. The molecule has 1 aromatic heterocycles. The van der Waals surface area contributed by atoms with E-state index in [9.17, 15) is 9.59 Å². The molecule has 0 saturated carbocycles. The Labute approximate surface area is 155 Å². The van der Waals surface area contributed by atoms with Gasteiger partial charge >= 0.3 is 6.03 Å². The highest BCUT2D eigenvalue weighted by molar-refractivity contribution is 7.99. The molecule has 0 aliphatic rings. The van der Waals surface area contributed by atoms with Crippen LogP contribution in [-0.4, -0.2) is 38.0 Å². The summed E-state index contributed by atoms with van der Waals surface area (Å²) in [5, 5.41) is 14.4. The minimum Gasteiger partial charge on any atom is -0.333 e. The number of carbonyl (C=O) groups excluding carboxylic acids is 2. The topological polar surface area (TPSA) is 88.9 Å². The van der Waals surface area contributed by atoms with Crippen LogP contribution in [0.4, 0.5) is 4.79 Å². The third-order valence-corrected chi connectivity index (χ3v) is 4.28. The Bertz CT molecular complexity index is 768. The van der Waals surface area contributed by atoms with E-state index in [0.717, 1.165) is 5.56 Å².